The molecular weight excluding hydrogens is 486 g/mol. The second kappa shape index (κ2) is 10.2. The van der Waals surface area contributed by atoms with E-state index in [4.69, 9.17) is 4.74 Å². The molecule has 0 amide bonds. The minimum atomic E-state index is -0.370. The van der Waals surface area contributed by atoms with Gasteiger partial charge < -0.3 is 4.74 Å². The van der Waals surface area contributed by atoms with Gasteiger partial charge in [0.05, 0.1) is 17.0 Å². The fraction of sp³-hybridized carbons (Fsp3) is 0.184. The van der Waals surface area contributed by atoms with E-state index in [9.17, 15) is 5.26 Å². The molecular formula is C38H31NO. The molecule has 3 aliphatic carbocycles. The number of hydrogen-bond acceptors (Lipinski definition) is 2. The number of allylic oxidation sites excluding steroid dienone is 12. The summed E-state index contributed by atoms with van der Waals surface area (Å²) in [6.45, 7) is 0. The number of nitriles is 1. The zero-order valence-corrected chi connectivity index (χ0v) is 22.5. The maximum Gasteiger partial charge on any atom is 0.131 e. The van der Waals surface area contributed by atoms with E-state index in [1.807, 2.05) is 18.2 Å². The maximum absolute atomic E-state index is 9.38. The van der Waals surface area contributed by atoms with Crippen molar-refractivity contribution in [2.45, 2.75) is 43.4 Å². The number of rotatable bonds is 4. The summed E-state index contributed by atoms with van der Waals surface area (Å²) in [7, 11) is 0. The second-order valence-electron chi connectivity index (χ2n) is 11.0. The van der Waals surface area contributed by atoms with Gasteiger partial charge in [-0.25, -0.2) is 0 Å². The highest BCUT2D eigenvalue weighted by atomic mass is 16.5. The molecule has 1 heterocycles. The molecule has 4 aliphatic rings. The molecule has 0 bridgehead atoms. The predicted octanol–water partition coefficient (Wildman–Crippen LogP) is 9.16. The number of fused-ring (bicyclic) bond motifs is 1. The highest BCUT2D eigenvalue weighted by Crippen LogP contribution is 2.56. The van der Waals surface area contributed by atoms with Crippen molar-refractivity contribution in [1.82, 2.24) is 0 Å². The van der Waals surface area contributed by atoms with Crippen LogP contribution in [-0.2, 0) is 5.41 Å². The first-order chi connectivity index (χ1) is 19.8. The highest BCUT2D eigenvalue weighted by molar-refractivity contribution is 5.68. The highest BCUT2D eigenvalue weighted by Gasteiger charge is 2.47. The van der Waals surface area contributed by atoms with Crippen LogP contribution in [0.2, 0.25) is 0 Å². The quantitative estimate of drug-likeness (QED) is 0.346. The third kappa shape index (κ3) is 4.02. The third-order valence-corrected chi connectivity index (χ3v) is 8.83. The van der Waals surface area contributed by atoms with Gasteiger partial charge in [-0.2, -0.15) is 5.26 Å². The molecule has 0 radical (unpaired) electrons. The molecule has 0 saturated heterocycles. The molecule has 0 fully saturated rings. The number of benzene rings is 3. The minimum Gasteiger partial charge on any atom is -0.461 e. The molecule has 40 heavy (non-hydrogen) atoms. The lowest BCUT2D eigenvalue weighted by molar-refractivity contribution is 0.360. The van der Waals surface area contributed by atoms with E-state index in [1.165, 1.54) is 39.0 Å². The van der Waals surface area contributed by atoms with E-state index in [-0.39, 0.29) is 11.3 Å². The Morgan fingerprint density at radius 3 is 2.55 bits per heavy atom. The Morgan fingerprint density at radius 2 is 1.70 bits per heavy atom. The topological polar surface area (TPSA) is 33.0 Å². The van der Waals surface area contributed by atoms with Crippen molar-refractivity contribution >= 4 is 0 Å². The lowest BCUT2D eigenvalue weighted by atomic mass is 9.60. The molecule has 3 aromatic rings. The minimum absolute atomic E-state index is 0.290. The summed E-state index contributed by atoms with van der Waals surface area (Å²) in [6.07, 6.45) is 21.0. The van der Waals surface area contributed by atoms with Crippen LogP contribution in [0.3, 0.4) is 0 Å². The molecule has 0 saturated carbocycles. The monoisotopic (exact) mass is 517 g/mol. The van der Waals surface area contributed by atoms with E-state index >= 15 is 0 Å². The standard InChI is InChI=1S/C38H31NO/c39-26-27-10-8-11-29(24-27)31-13-9-12-30(25-31)28-20-22-33(23-21-28)38(32-14-2-1-3-15-32)34-16-4-6-18-36(34)40-37-19-7-5-17-35(37)38/h1-6,8-18,20,22,24,31H,7,19,21,23,25H2. The summed E-state index contributed by atoms with van der Waals surface area (Å²) in [4.78, 5) is 0. The van der Waals surface area contributed by atoms with Gasteiger partial charge in [0.2, 0.25) is 0 Å². The second-order valence-corrected chi connectivity index (χ2v) is 11.0. The van der Waals surface area contributed by atoms with Crippen LogP contribution in [0.1, 0.15) is 60.3 Å². The van der Waals surface area contributed by atoms with Crippen LogP contribution in [0.4, 0.5) is 0 Å². The summed E-state index contributed by atoms with van der Waals surface area (Å²) in [6, 6.07) is 29.9. The zero-order valence-electron chi connectivity index (χ0n) is 22.5. The smallest absolute Gasteiger partial charge is 0.131 e. The first kappa shape index (κ1) is 24.4. The molecule has 3 aromatic carbocycles. The van der Waals surface area contributed by atoms with Gasteiger partial charge in [-0.05, 0) is 66.2 Å². The van der Waals surface area contributed by atoms with Gasteiger partial charge in [0.15, 0.2) is 0 Å². The molecule has 2 heteroatoms. The average molecular weight is 518 g/mol. The van der Waals surface area contributed by atoms with Gasteiger partial charge >= 0.3 is 0 Å². The van der Waals surface area contributed by atoms with Crippen LogP contribution in [0, 0.1) is 11.3 Å². The SMILES string of the molecule is N#Cc1cccc(C2C=CC=C(C3=CC=C(C4(c5ccccc5)C5=C(CCC=C5)Oc5ccccc54)CC3)C2)c1. The third-order valence-electron chi connectivity index (χ3n) is 8.83. The Morgan fingerprint density at radius 1 is 0.825 bits per heavy atom. The van der Waals surface area contributed by atoms with E-state index < -0.39 is 0 Å². The summed E-state index contributed by atoms with van der Waals surface area (Å²) in [5.74, 6) is 2.36. The Balaban J connectivity index is 1.31. The van der Waals surface area contributed by atoms with E-state index in [1.54, 1.807) is 0 Å². The largest absolute Gasteiger partial charge is 0.461 e. The maximum atomic E-state index is 9.38. The van der Waals surface area contributed by atoms with Gasteiger partial charge in [0.25, 0.3) is 0 Å². The molecule has 0 N–H and O–H groups in total. The molecule has 0 spiro atoms. The van der Waals surface area contributed by atoms with Crippen LogP contribution in [0.25, 0.3) is 0 Å². The normalized spacial score (nSPS) is 23.2. The first-order valence-corrected chi connectivity index (χ1v) is 14.3. The van der Waals surface area contributed by atoms with Gasteiger partial charge in [-0.3, -0.25) is 0 Å². The Hall–Kier alpha value is -4.61. The number of ether oxygens (including phenoxy) is 1. The summed E-state index contributed by atoms with van der Waals surface area (Å²) in [5, 5.41) is 9.38. The molecule has 1 aliphatic heterocycles. The van der Waals surface area contributed by atoms with E-state index in [0.717, 1.165) is 49.2 Å². The van der Waals surface area contributed by atoms with Crippen molar-refractivity contribution in [3.63, 3.8) is 0 Å². The zero-order chi connectivity index (χ0) is 26.9. The van der Waals surface area contributed by atoms with Crippen molar-refractivity contribution < 1.29 is 4.74 Å². The molecule has 7 rings (SSSR count). The fourth-order valence-corrected chi connectivity index (χ4v) is 6.96. The molecule has 2 nitrogen and oxygen atoms in total. The Kier molecular flexibility index (Phi) is 6.21. The summed E-state index contributed by atoms with van der Waals surface area (Å²) < 4.78 is 6.54. The van der Waals surface area contributed by atoms with E-state index in [0.29, 0.717) is 0 Å². The van der Waals surface area contributed by atoms with Crippen molar-refractivity contribution in [2.24, 2.45) is 0 Å². The number of hydrogen-bond donors (Lipinski definition) is 0. The lowest BCUT2D eigenvalue weighted by Gasteiger charge is -2.45. The van der Waals surface area contributed by atoms with Crippen molar-refractivity contribution in [2.75, 3.05) is 0 Å². The van der Waals surface area contributed by atoms with E-state index in [2.05, 4.69) is 109 Å². The lowest BCUT2D eigenvalue weighted by Crippen LogP contribution is -2.38. The number of nitrogens with zero attached hydrogens (tertiary/aromatic N) is 1. The Labute approximate surface area is 236 Å². The van der Waals surface area contributed by atoms with Gasteiger partial charge in [0, 0.05) is 23.5 Å². The van der Waals surface area contributed by atoms with Crippen molar-refractivity contribution in [3.8, 4) is 11.8 Å². The predicted molar refractivity (Wildman–Crippen MR) is 161 cm³/mol. The van der Waals surface area contributed by atoms with Crippen molar-refractivity contribution in [3.05, 3.63) is 172 Å². The van der Waals surface area contributed by atoms with Crippen LogP contribution in [0.5, 0.6) is 5.75 Å². The van der Waals surface area contributed by atoms with Gasteiger partial charge in [-0.15, -0.1) is 0 Å². The van der Waals surface area contributed by atoms with Crippen LogP contribution in [0.15, 0.2) is 149 Å². The first-order valence-electron chi connectivity index (χ1n) is 14.3. The van der Waals surface area contributed by atoms with Crippen LogP contribution < -0.4 is 4.74 Å². The molecule has 0 aromatic heterocycles. The molecule has 194 valence electrons. The van der Waals surface area contributed by atoms with Crippen molar-refractivity contribution in [1.29, 1.82) is 5.26 Å². The van der Waals surface area contributed by atoms with Crippen LogP contribution in [-0.4, -0.2) is 0 Å². The summed E-state index contributed by atoms with van der Waals surface area (Å²) >= 11 is 0. The van der Waals surface area contributed by atoms with Gasteiger partial charge in [0.1, 0.15) is 11.5 Å². The average Bonchev–Trinajstić information content (AvgIpc) is 3.04. The number of para-hydroxylation sites is 1. The summed E-state index contributed by atoms with van der Waals surface area (Å²) in [5.41, 5.74) is 9.59. The van der Waals surface area contributed by atoms with Crippen LogP contribution >= 0.6 is 0 Å². The fourth-order valence-electron chi connectivity index (χ4n) is 6.96. The van der Waals surface area contributed by atoms with Gasteiger partial charge in [-0.1, -0.05) is 109 Å². The molecule has 2 unspecified atom stereocenters. The Bertz CT molecular complexity index is 1710. The molecule has 2 atom stereocenters.